The van der Waals surface area contributed by atoms with Crippen molar-refractivity contribution in [3.63, 3.8) is 0 Å². The molecule has 2 nitrogen and oxygen atoms in total. The number of aromatic hydroxyl groups is 1. The molecule has 0 bridgehead atoms. The second kappa shape index (κ2) is 4.82. The van der Waals surface area contributed by atoms with Gasteiger partial charge < -0.3 is 5.11 Å². The molecule has 0 fully saturated rings. The van der Waals surface area contributed by atoms with Gasteiger partial charge in [0.25, 0.3) is 0 Å². The van der Waals surface area contributed by atoms with Crippen molar-refractivity contribution >= 4 is 24.0 Å². The highest BCUT2D eigenvalue weighted by Gasteiger charge is 1.98. The number of halogens is 1. The van der Waals surface area contributed by atoms with E-state index < -0.39 is 0 Å². The van der Waals surface area contributed by atoms with Gasteiger partial charge in [-0.2, -0.15) is 0 Å². The van der Waals surface area contributed by atoms with Crippen LogP contribution >= 0.6 is 11.6 Å². The maximum absolute atomic E-state index is 10.5. The van der Waals surface area contributed by atoms with Gasteiger partial charge in [0.05, 0.1) is 5.02 Å². The van der Waals surface area contributed by atoms with Crippen LogP contribution in [0.25, 0.3) is 6.08 Å². The fourth-order valence-corrected chi connectivity index (χ4v) is 1.24. The Morgan fingerprint density at radius 3 is 2.79 bits per heavy atom. The number of hydrogen-bond donors (Lipinski definition) is 1. The number of aldehydes is 1. The average molecular weight is 211 g/mol. The van der Waals surface area contributed by atoms with E-state index >= 15 is 0 Å². The Morgan fingerprint density at radius 1 is 1.57 bits per heavy atom. The van der Waals surface area contributed by atoms with Gasteiger partial charge in [0.1, 0.15) is 12.0 Å². The van der Waals surface area contributed by atoms with Gasteiger partial charge in [-0.05, 0) is 35.8 Å². The molecule has 0 unspecified atom stereocenters. The lowest BCUT2D eigenvalue weighted by atomic mass is 10.1. The second-order valence-electron chi connectivity index (χ2n) is 2.90. The predicted molar refractivity (Wildman–Crippen MR) is 57.4 cm³/mol. The molecule has 0 spiro atoms. The van der Waals surface area contributed by atoms with E-state index in [0.717, 1.165) is 11.8 Å². The summed E-state index contributed by atoms with van der Waals surface area (Å²) >= 11 is 5.72. The van der Waals surface area contributed by atoms with Crippen molar-refractivity contribution in [2.24, 2.45) is 0 Å². The summed E-state index contributed by atoms with van der Waals surface area (Å²) in [6.07, 6.45) is 3.25. The van der Waals surface area contributed by atoms with E-state index in [0.29, 0.717) is 17.0 Å². The van der Waals surface area contributed by atoms with Crippen LogP contribution < -0.4 is 0 Å². The van der Waals surface area contributed by atoms with Crippen LogP contribution in [0.4, 0.5) is 0 Å². The SMILES string of the molecule is CCC(C=O)=Cc1ccc(O)c(Cl)c1. The lowest BCUT2D eigenvalue weighted by Crippen LogP contribution is -1.82. The normalized spacial score (nSPS) is 11.4. The predicted octanol–water partition coefficient (Wildman–Crippen LogP) is 3.04. The summed E-state index contributed by atoms with van der Waals surface area (Å²) < 4.78 is 0. The van der Waals surface area contributed by atoms with Crippen molar-refractivity contribution < 1.29 is 9.90 Å². The summed E-state index contributed by atoms with van der Waals surface area (Å²) in [5.74, 6) is 0.0490. The Morgan fingerprint density at radius 2 is 2.29 bits per heavy atom. The Hall–Kier alpha value is -1.28. The minimum Gasteiger partial charge on any atom is -0.506 e. The molecule has 0 heterocycles. The molecule has 74 valence electrons. The summed E-state index contributed by atoms with van der Waals surface area (Å²) in [7, 11) is 0. The van der Waals surface area contributed by atoms with E-state index in [4.69, 9.17) is 11.6 Å². The summed E-state index contributed by atoms with van der Waals surface area (Å²) in [5, 5.41) is 9.46. The summed E-state index contributed by atoms with van der Waals surface area (Å²) in [4.78, 5) is 10.5. The van der Waals surface area contributed by atoms with E-state index in [9.17, 15) is 9.90 Å². The first-order chi connectivity index (χ1) is 6.67. The van der Waals surface area contributed by atoms with Gasteiger partial charge in [0, 0.05) is 0 Å². The van der Waals surface area contributed by atoms with Crippen LogP contribution in [0.2, 0.25) is 5.02 Å². The first-order valence-electron chi connectivity index (χ1n) is 4.31. The quantitative estimate of drug-likeness (QED) is 0.615. The van der Waals surface area contributed by atoms with E-state index in [2.05, 4.69) is 0 Å². The number of rotatable bonds is 3. The molecule has 1 aromatic rings. The lowest BCUT2D eigenvalue weighted by Gasteiger charge is -1.99. The number of allylic oxidation sites excluding steroid dienone is 1. The number of phenolic OH excluding ortho intramolecular Hbond substituents is 1. The van der Waals surface area contributed by atoms with Crippen LogP contribution in [0.3, 0.4) is 0 Å². The van der Waals surface area contributed by atoms with Crippen molar-refractivity contribution in [3.8, 4) is 5.75 Å². The molecule has 0 amide bonds. The second-order valence-corrected chi connectivity index (χ2v) is 3.31. The van der Waals surface area contributed by atoms with Crippen LogP contribution in [0, 0.1) is 0 Å². The summed E-state index contributed by atoms with van der Waals surface area (Å²) in [6, 6.07) is 4.84. The number of carbonyl (C=O) groups is 1. The smallest absolute Gasteiger partial charge is 0.146 e. The van der Waals surface area contributed by atoms with E-state index in [1.54, 1.807) is 18.2 Å². The highest BCUT2D eigenvalue weighted by atomic mass is 35.5. The van der Waals surface area contributed by atoms with Gasteiger partial charge in [-0.3, -0.25) is 4.79 Å². The Bertz CT molecular complexity index is 370. The molecule has 0 saturated heterocycles. The van der Waals surface area contributed by atoms with Crippen molar-refractivity contribution in [2.75, 3.05) is 0 Å². The topological polar surface area (TPSA) is 37.3 Å². The average Bonchev–Trinajstić information content (AvgIpc) is 2.19. The fourth-order valence-electron chi connectivity index (χ4n) is 1.05. The number of carbonyl (C=O) groups excluding carboxylic acids is 1. The largest absolute Gasteiger partial charge is 0.506 e. The summed E-state index contributed by atoms with van der Waals surface area (Å²) in [6.45, 7) is 1.91. The maximum Gasteiger partial charge on any atom is 0.146 e. The third-order valence-electron chi connectivity index (χ3n) is 1.88. The van der Waals surface area contributed by atoms with Crippen LogP contribution in [0.1, 0.15) is 18.9 Å². The molecule has 0 aliphatic rings. The zero-order chi connectivity index (χ0) is 10.6. The van der Waals surface area contributed by atoms with Crippen molar-refractivity contribution in [3.05, 3.63) is 34.4 Å². The molecular weight excluding hydrogens is 200 g/mol. The zero-order valence-corrected chi connectivity index (χ0v) is 8.58. The Balaban J connectivity index is 3.03. The molecule has 3 heteroatoms. The zero-order valence-electron chi connectivity index (χ0n) is 7.83. The van der Waals surface area contributed by atoms with Gasteiger partial charge in [0.2, 0.25) is 0 Å². The molecule has 0 radical (unpaired) electrons. The van der Waals surface area contributed by atoms with E-state index in [1.165, 1.54) is 6.07 Å². The van der Waals surface area contributed by atoms with E-state index in [1.807, 2.05) is 6.92 Å². The number of hydrogen-bond acceptors (Lipinski definition) is 2. The maximum atomic E-state index is 10.5. The van der Waals surface area contributed by atoms with Crippen molar-refractivity contribution in [1.82, 2.24) is 0 Å². The molecule has 1 rings (SSSR count). The van der Waals surface area contributed by atoms with Crippen LogP contribution in [0.15, 0.2) is 23.8 Å². The van der Waals surface area contributed by atoms with Crippen LogP contribution in [0.5, 0.6) is 5.75 Å². The fraction of sp³-hybridized carbons (Fsp3) is 0.182. The Labute approximate surface area is 87.8 Å². The standard InChI is InChI=1S/C11H11ClO2/c1-2-8(7-13)5-9-3-4-11(14)10(12)6-9/h3-7,14H,2H2,1H3. The monoisotopic (exact) mass is 210 g/mol. The van der Waals surface area contributed by atoms with Gasteiger partial charge in [0.15, 0.2) is 0 Å². The molecule has 0 aromatic heterocycles. The molecule has 0 aliphatic carbocycles. The van der Waals surface area contributed by atoms with Crippen molar-refractivity contribution in [2.45, 2.75) is 13.3 Å². The minimum absolute atomic E-state index is 0.0490. The summed E-state index contributed by atoms with van der Waals surface area (Å²) in [5.41, 5.74) is 1.52. The molecule has 1 aromatic carbocycles. The van der Waals surface area contributed by atoms with Gasteiger partial charge in [-0.1, -0.05) is 24.6 Å². The number of benzene rings is 1. The molecular formula is C11H11ClO2. The molecule has 0 saturated carbocycles. The van der Waals surface area contributed by atoms with Crippen molar-refractivity contribution in [1.29, 1.82) is 0 Å². The molecule has 0 atom stereocenters. The lowest BCUT2D eigenvalue weighted by molar-refractivity contribution is -0.104. The first-order valence-corrected chi connectivity index (χ1v) is 4.69. The molecule has 0 aliphatic heterocycles. The highest BCUT2D eigenvalue weighted by molar-refractivity contribution is 6.32. The third kappa shape index (κ3) is 2.60. The minimum atomic E-state index is 0.0490. The van der Waals surface area contributed by atoms with Crippen LogP contribution in [-0.4, -0.2) is 11.4 Å². The number of phenols is 1. The molecule has 14 heavy (non-hydrogen) atoms. The Kier molecular flexibility index (Phi) is 3.72. The van der Waals surface area contributed by atoms with Gasteiger partial charge in [-0.25, -0.2) is 0 Å². The van der Waals surface area contributed by atoms with Gasteiger partial charge >= 0.3 is 0 Å². The van der Waals surface area contributed by atoms with E-state index in [-0.39, 0.29) is 5.75 Å². The molecule has 1 N–H and O–H groups in total. The van der Waals surface area contributed by atoms with Crippen LogP contribution in [-0.2, 0) is 4.79 Å². The highest BCUT2D eigenvalue weighted by Crippen LogP contribution is 2.24. The third-order valence-corrected chi connectivity index (χ3v) is 2.19. The van der Waals surface area contributed by atoms with Gasteiger partial charge in [-0.15, -0.1) is 0 Å². The first kappa shape index (κ1) is 10.8.